The molecule has 154 valence electrons. The van der Waals surface area contributed by atoms with E-state index in [2.05, 4.69) is 34.1 Å². The van der Waals surface area contributed by atoms with E-state index in [0.29, 0.717) is 12.6 Å². The van der Waals surface area contributed by atoms with Crippen LogP contribution in [0.5, 0.6) is 5.75 Å². The molecule has 1 fully saturated rings. The minimum absolute atomic E-state index is 0.211. The third-order valence-corrected chi connectivity index (χ3v) is 5.63. The van der Waals surface area contributed by atoms with Gasteiger partial charge in [0.2, 0.25) is 0 Å². The van der Waals surface area contributed by atoms with Gasteiger partial charge in [0.15, 0.2) is 0 Å². The Hall–Kier alpha value is -2.34. The van der Waals surface area contributed by atoms with Gasteiger partial charge < -0.3 is 14.3 Å². The van der Waals surface area contributed by atoms with Crippen molar-refractivity contribution >= 4 is 11.0 Å². The van der Waals surface area contributed by atoms with E-state index in [1.807, 2.05) is 37.3 Å². The summed E-state index contributed by atoms with van der Waals surface area (Å²) in [5, 5.41) is 10.7. The van der Waals surface area contributed by atoms with Crippen LogP contribution in [0, 0.1) is 0 Å². The van der Waals surface area contributed by atoms with Crippen LogP contribution in [-0.2, 0) is 13.1 Å². The molecule has 5 heteroatoms. The number of para-hydroxylation sites is 1. The lowest BCUT2D eigenvalue weighted by Crippen LogP contribution is -2.52. The van der Waals surface area contributed by atoms with E-state index in [-0.39, 0.29) is 6.61 Å². The fourth-order valence-corrected chi connectivity index (χ4v) is 4.16. The molecule has 0 aliphatic carbocycles. The molecular formula is C24H30N2O3. The molecule has 0 amide bonds. The third kappa shape index (κ3) is 4.99. The van der Waals surface area contributed by atoms with Crippen molar-refractivity contribution in [3.8, 4) is 5.75 Å². The first-order chi connectivity index (χ1) is 14.2. The first-order valence-electron chi connectivity index (χ1n) is 10.5. The van der Waals surface area contributed by atoms with Crippen molar-refractivity contribution < 1.29 is 14.3 Å². The Morgan fingerprint density at radius 2 is 1.90 bits per heavy atom. The minimum atomic E-state index is 0.211. The molecule has 1 aliphatic heterocycles. The predicted molar refractivity (Wildman–Crippen MR) is 115 cm³/mol. The zero-order valence-corrected chi connectivity index (χ0v) is 17.1. The van der Waals surface area contributed by atoms with Crippen LogP contribution < -0.4 is 4.74 Å². The first kappa shape index (κ1) is 20.0. The van der Waals surface area contributed by atoms with Crippen molar-refractivity contribution in [1.29, 1.82) is 0 Å². The Labute approximate surface area is 172 Å². The summed E-state index contributed by atoms with van der Waals surface area (Å²) in [7, 11) is 0. The van der Waals surface area contributed by atoms with E-state index in [4.69, 9.17) is 9.15 Å². The van der Waals surface area contributed by atoms with E-state index < -0.39 is 0 Å². The Morgan fingerprint density at radius 1 is 1.07 bits per heavy atom. The first-order valence-corrected chi connectivity index (χ1v) is 10.5. The van der Waals surface area contributed by atoms with Gasteiger partial charge in [-0.15, -0.1) is 0 Å². The zero-order valence-electron chi connectivity index (χ0n) is 17.1. The van der Waals surface area contributed by atoms with Crippen molar-refractivity contribution in [2.45, 2.75) is 32.5 Å². The zero-order chi connectivity index (χ0) is 20.1. The van der Waals surface area contributed by atoms with Crippen LogP contribution in [0.4, 0.5) is 0 Å². The van der Waals surface area contributed by atoms with Gasteiger partial charge in [0.1, 0.15) is 17.1 Å². The molecule has 0 radical (unpaired) electrons. The van der Waals surface area contributed by atoms with Gasteiger partial charge in [0.25, 0.3) is 0 Å². The molecule has 1 N–H and O–H groups in total. The van der Waals surface area contributed by atoms with Gasteiger partial charge in [0, 0.05) is 44.2 Å². The normalized spacial score (nSPS) is 18.3. The predicted octanol–water partition coefficient (Wildman–Crippen LogP) is 3.90. The standard InChI is InChI=1S/C24H30N2O3/c1-2-28-22-9-7-19(8-10-22)16-26-13-12-25(17-21(26)11-14-27)18-23-15-20-5-3-4-6-24(20)29-23/h3-10,15,21,27H,2,11-14,16-18H2,1H3/t21-/m1/s1. The van der Waals surface area contributed by atoms with Crippen LogP contribution in [0.1, 0.15) is 24.7 Å². The number of aliphatic hydroxyl groups excluding tert-OH is 1. The number of ether oxygens (including phenoxy) is 1. The highest BCUT2D eigenvalue weighted by molar-refractivity contribution is 5.77. The van der Waals surface area contributed by atoms with Gasteiger partial charge in [-0.3, -0.25) is 9.80 Å². The van der Waals surface area contributed by atoms with Crippen LogP contribution in [0.2, 0.25) is 0 Å². The maximum Gasteiger partial charge on any atom is 0.134 e. The molecule has 1 saturated heterocycles. The Kier molecular flexibility index (Phi) is 6.49. The van der Waals surface area contributed by atoms with Crippen LogP contribution >= 0.6 is 0 Å². The van der Waals surface area contributed by atoms with E-state index in [0.717, 1.165) is 61.6 Å². The number of fused-ring (bicyclic) bond motifs is 1. The average molecular weight is 395 g/mol. The monoisotopic (exact) mass is 394 g/mol. The molecule has 2 aromatic carbocycles. The number of nitrogens with zero attached hydrogens (tertiary/aromatic N) is 2. The highest BCUT2D eigenvalue weighted by Crippen LogP contribution is 2.23. The molecule has 3 aromatic rings. The molecule has 1 atom stereocenters. The molecule has 0 unspecified atom stereocenters. The molecule has 4 rings (SSSR count). The lowest BCUT2D eigenvalue weighted by molar-refractivity contribution is 0.0471. The average Bonchev–Trinajstić information content (AvgIpc) is 3.14. The maximum atomic E-state index is 9.59. The maximum absolute atomic E-state index is 9.59. The third-order valence-electron chi connectivity index (χ3n) is 5.63. The van der Waals surface area contributed by atoms with Gasteiger partial charge in [-0.05, 0) is 43.2 Å². The number of rotatable bonds is 8. The quantitative estimate of drug-likeness (QED) is 0.628. The molecule has 0 spiro atoms. The van der Waals surface area contributed by atoms with Gasteiger partial charge in [0.05, 0.1) is 13.2 Å². The Morgan fingerprint density at radius 3 is 2.66 bits per heavy atom. The molecule has 1 aliphatic rings. The summed E-state index contributed by atoms with van der Waals surface area (Å²) >= 11 is 0. The lowest BCUT2D eigenvalue weighted by Gasteiger charge is -2.41. The van der Waals surface area contributed by atoms with E-state index in [9.17, 15) is 5.11 Å². The van der Waals surface area contributed by atoms with Crippen molar-refractivity contribution in [1.82, 2.24) is 9.80 Å². The van der Waals surface area contributed by atoms with E-state index >= 15 is 0 Å². The van der Waals surface area contributed by atoms with Crippen molar-refractivity contribution in [2.24, 2.45) is 0 Å². The number of furan rings is 1. The van der Waals surface area contributed by atoms with E-state index in [1.54, 1.807) is 0 Å². The fourth-order valence-electron chi connectivity index (χ4n) is 4.16. The summed E-state index contributed by atoms with van der Waals surface area (Å²) in [6.07, 6.45) is 0.785. The topological polar surface area (TPSA) is 49.1 Å². The number of benzene rings is 2. The summed E-state index contributed by atoms with van der Waals surface area (Å²) in [6, 6.07) is 19.0. The van der Waals surface area contributed by atoms with Crippen molar-refractivity contribution in [3.05, 3.63) is 65.9 Å². The summed E-state index contributed by atoms with van der Waals surface area (Å²) < 4.78 is 11.5. The largest absolute Gasteiger partial charge is 0.494 e. The smallest absolute Gasteiger partial charge is 0.134 e. The molecule has 1 aromatic heterocycles. The molecule has 5 nitrogen and oxygen atoms in total. The minimum Gasteiger partial charge on any atom is -0.494 e. The summed E-state index contributed by atoms with van der Waals surface area (Å²) in [4.78, 5) is 4.92. The summed E-state index contributed by atoms with van der Waals surface area (Å²) in [5.74, 6) is 1.92. The van der Waals surface area contributed by atoms with Crippen LogP contribution in [0.25, 0.3) is 11.0 Å². The van der Waals surface area contributed by atoms with Gasteiger partial charge in [-0.25, -0.2) is 0 Å². The number of piperazine rings is 1. The van der Waals surface area contributed by atoms with Crippen LogP contribution in [0.15, 0.2) is 59.0 Å². The molecule has 2 heterocycles. The van der Waals surface area contributed by atoms with Crippen molar-refractivity contribution in [3.63, 3.8) is 0 Å². The summed E-state index contributed by atoms with van der Waals surface area (Å²) in [5.41, 5.74) is 2.23. The van der Waals surface area contributed by atoms with Crippen LogP contribution in [0.3, 0.4) is 0 Å². The van der Waals surface area contributed by atoms with Gasteiger partial charge in [-0.1, -0.05) is 30.3 Å². The SMILES string of the molecule is CCOc1ccc(CN2CCN(Cc3cc4ccccc4o3)C[C@H]2CCO)cc1. The number of hydrogen-bond acceptors (Lipinski definition) is 5. The number of hydrogen-bond donors (Lipinski definition) is 1. The Balaban J connectivity index is 1.38. The van der Waals surface area contributed by atoms with Gasteiger partial charge >= 0.3 is 0 Å². The molecule has 0 bridgehead atoms. The second-order valence-corrected chi connectivity index (χ2v) is 7.70. The van der Waals surface area contributed by atoms with Crippen LogP contribution in [-0.4, -0.2) is 53.8 Å². The molecule has 0 saturated carbocycles. The number of aliphatic hydroxyl groups is 1. The van der Waals surface area contributed by atoms with Crippen molar-refractivity contribution in [2.75, 3.05) is 32.8 Å². The lowest BCUT2D eigenvalue weighted by atomic mass is 10.1. The highest BCUT2D eigenvalue weighted by atomic mass is 16.5. The Bertz CT molecular complexity index is 873. The second-order valence-electron chi connectivity index (χ2n) is 7.70. The van der Waals surface area contributed by atoms with E-state index in [1.165, 1.54) is 5.56 Å². The molecule has 29 heavy (non-hydrogen) atoms. The second kappa shape index (κ2) is 9.44. The van der Waals surface area contributed by atoms with Gasteiger partial charge in [-0.2, -0.15) is 0 Å². The molecular weight excluding hydrogens is 364 g/mol. The summed E-state index contributed by atoms with van der Waals surface area (Å²) in [6.45, 7) is 7.53. The fraction of sp³-hybridized carbons (Fsp3) is 0.417. The highest BCUT2D eigenvalue weighted by Gasteiger charge is 2.27.